The Hall–Kier alpha value is -4.58. The maximum Gasteiger partial charge on any atom is 0.235 e. The van der Waals surface area contributed by atoms with E-state index in [4.69, 9.17) is 10.5 Å². The van der Waals surface area contributed by atoms with Crippen molar-refractivity contribution in [2.24, 2.45) is 0 Å². The van der Waals surface area contributed by atoms with E-state index >= 15 is 0 Å². The fourth-order valence-electron chi connectivity index (χ4n) is 4.94. The number of Topliss-reactive ketones (excluding diaryl/α,β-unsaturated/α-hetero) is 1. The van der Waals surface area contributed by atoms with Crippen LogP contribution in [-0.2, 0) is 16.4 Å². The SMILES string of the molecule is Cc1cc(Oc2ccccc2F)ncc1-n1ncc(C(=O)C2=Cc3cc(F)c(N4CCCS4(=O)=O)cc3C2)c1N. The van der Waals surface area contributed by atoms with Crippen LogP contribution in [0.4, 0.5) is 20.3 Å². The van der Waals surface area contributed by atoms with Crippen molar-refractivity contribution in [1.82, 2.24) is 14.8 Å². The van der Waals surface area contributed by atoms with Crippen molar-refractivity contribution < 1.29 is 26.7 Å². The molecule has 1 fully saturated rings. The van der Waals surface area contributed by atoms with Gasteiger partial charge in [-0.15, -0.1) is 0 Å². The van der Waals surface area contributed by atoms with E-state index in [0.29, 0.717) is 34.4 Å². The molecule has 0 unspecified atom stereocenters. The molecule has 40 heavy (non-hydrogen) atoms. The Bertz CT molecular complexity index is 1830. The normalized spacial score (nSPS) is 15.7. The third-order valence-electron chi connectivity index (χ3n) is 6.97. The number of halogens is 2. The summed E-state index contributed by atoms with van der Waals surface area (Å²) in [5.41, 5.74) is 9.20. The Morgan fingerprint density at radius 3 is 2.60 bits per heavy atom. The second-order valence-corrected chi connectivity index (χ2v) is 11.6. The smallest absolute Gasteiger partial charge is 0.235 e. The van der Waals surface area contributed by atoms with Gasteiger partial charge in [0.2, 0.25) is 15.9 Å². The van der Waals surface area contributed by atoms with Gasteiger partial charge in [0.25, 0.3) is 0 Å². The standard InChI is InChI=1S/C28H23F2N5O4S/c1-16-9-26(39-25-6-3-2-5-21(25)29)32-15-24(16)35-28(31)20(14-33-35)27(36)19-10-17-12-22(30)23(13-18(17)11-19)34-7-4-8-40(34,37)38/h2-3,5-6,9-10,12-15H,4,7-8,11,31H2,1H3. The lowest BCUT2D eigenvalue weighted by Gasteiger charge is -2.18. The second kappa shape index (κ2) is 9.56. The quantitative estimate of drug-likeness (QED) is 0.341. The fourth-order valence-corrected chi connectivity index (χ4v) is 6.50. The highest BCUT2D eigenvalue weighted by Gasteiger charge is 2.32. The molecule has 0 bridgehead atoms. The lowest BCUT2D eigenvalue weighted by atomic mass is 10.0. The maximum atomic E-state index is 14.9. The van der Waals surface area contributed by atoms with Crippen LogP contribution in [0, 0.1) is 18.6 Å². The molecule has 0 radical (unpaired) electrons. The third kappa shape index (κ3) is 4.39. The zero-order chi connectivity index (χ0) is 28.2. The Kier molecular flexibility index (Phi) is 6.14. The van der Waals surface area contributed by atoms with Crippen molar-refractivity contribution >= 4 is 33.4 Å². The molecule has 2 N–H and O–H groups in total. The van der Waals surface area contributed by atoms with E-state index in [0.717, 1.165) is 4.31 Å². The largest absolute Gasteiger partial charge is 0.436 e. The minimum atomic E-state index is -3.55. The van der Waals surface area contributed by atoms with Crippen LogP contribution in [0.2, 0.25) is 0 Å². The second-order valence-electron chi connectivity index (χ2n) is 9.62. The molecule has 0 atom stereocenters. The Morgan fingerprint density at radius 1 is 1.07 bits per heavy atom. The molecule has 0 amide bonds. The van der Waals surface area contributed by atoms with Crippen LogP contribution in [0.15, 0.2) is 60.4 Å². The van der Waals surface area contributed by atoms with Gasteiger partial charge >= 0.3 is 0 Å². The van der Waals surface area contributed by atoms with Gasteiger partial charge in [0.05, 0.1) is 35.1 Å². The summed E-state index contributed by atoms with van der Waals surface area (Å²) in [5, 5.41) is 4.28. The summed E-state index contributed by atoms with van der Waals surface area (Å²) in [4.78, 5) is 17.6. The van der Waals surface area contributed by atoms with Gasteiger partial charge in [-0.3, -0.25) is 9.10 Å². The number of anilines is 2. The van der Waals surface area contributed by atoms with Crippen molar-refractivity contribution in [2.75, 3.05) is 22.3 Å². The highest BCUT2D eigenvalue weighted by molar-refractivity contribution is 7.93. The molecular weight excluding hydrogens is 540 g/mol. The Morgan fingerprint density at radius 2 is 1.88 bits per heavy atom. The summed E-state index contributed by atoms with van der Waals surface area (Å²) < 4.78 is 61.4. The summed E-state index contributed by atoms with van der Waals surface area (Å²) in [6.07, 6.45) is 5.03. The van der Waals surface area contributed by atoms with Crippen LogP contribution in [0.3, 0.4) is 0 Å². The molecule has 2 aliphatic rings. The number of ether oxygens (including phenoxy) is 1. The van der Waals surface area contributed by atoms with Gasteiger partial charge in [-0.2, -0.15) is 5.10 Å². The lowest BCUT2D eigenvalue weighted by Crippen LogP contribution is -2.26. The topological polar surface area (TPSA) is 120 Å². The number of ketones is 1. The van der Waals surface area contributed by atoms with Crippen LogP contribution in [0.1, 0.15) is 33.5 Å². The number of nitrogen functional groups attached to an aromatic ring is 1. The number of para-hydroxylation sites is 1. The van der Waals surface area contributed by atoms with Crippen molar-refractivity contribution in [3.63, 3.8) is 0 Å². The number of hydrogen-bond acceptors (Lipinski definition) is 7. The van der Waals surface area contributed by atoms with Crippen LogP contribution in [0.25, 0.3) is 11.8 Å². The van der Waals surface area contributed by atoms with Crippen LogP contribution in [-0.4, -0.2) is 41.3 Å². The summed E-state index contributed by atoms with van der Waals surface area (Å²) in [6.45, 7) is 1.99. The molecule has 1 saturated heterocycles. The number of carbonyl (C=O) groups is 1. The molecular formula is C28H23F2N5O4S. The molecule has 1 aliphatic heterocycles. The van der Waals surface area contributed by atoms with Crippen molar-refractivity contribution in [3.8, 4) is 17.3 Å². The molecule has 204 valence electrons. The number of aromatic nitrogens is 3. The average molecular weight is 564 g/mol. The predicted molar refractivity (Wildman–Crippen MR) is 145 cm³/mol. The molecule has 2 aromatic heterocycles. The minimum Gasteiger partial charge on any atom is -0.436 e. The number of nitrogens with zero attached hydrogens (tertiary/aromatic N) is 4. The van der Waals surface area contributed by atoms with Gasteiger partial charge in [-0.1, -0.05) is 12.1 Å². The fraction of sp³-hybridized carbons (Fsp3) is 0.179. The zero-order valence-corrected chi connectivity index (χ0v) is 22.1. The monoisotopic (exact) mass is 563 g/mol. The van der Waals surface area contributed by atoms with E-state index in [-0.39, 0.29) is 53.2 Å². The third-order valence-corrected chi connectivity index (χ3v) is 8.82. The molecule has 4 aromatic rings. The van der Waals surface area contributed by atoms with Gasteiger partial charge in [0.1, 0.15) is 11.6 Å². The van der Waals surface area contributed by atoms with E-state index in [1.165, 1.54) is 41.3 Å². The molecule has 6 rings (SSSR count). The van der Waals surface area contributed by atoms with Gasteiger partial charge in [0, 0.05) is 24.6 Å². The van der Waals surface area contributed by atoms with Crippen LogP contribution in [0.5, 0.6) is 11.6 Å². The van der Waals surface area contributed by atoms with Gasteiger partial charge < -0.3 is 10.5 Å². The van der Waals surface area contributed by atoms with Crippen molar-refractivity contribution in [2.45, 2.75) is 19.8 Å². The number of benzene rings is 2. The lowest BCUT2D eigenvalue weighted by molar-refractivity contribution is 0.103. The molecule has 9 nitrogen and oxygen atoms in total. The molecule has 2 aromatic carbocycles. The first-order chi connectivity index (χ1) is 19.1. The highest BCUT2D eigenvalue weighted by Crippen LogP contribution is 2.36. The number of carbonyl (C=O) groups excluding carboxylic acids is 1. The number of nitrogens with two attached hydrogens (primary N) is 1. The first-order valence-corrected chi connectivity index (χ1v) is 14.0. The molecule has 0 saturated carbocycles. The van der Waals surface area contributed by atoms with E-state index < -0.39 is 21.7 Å². The first-order valence-electron chi connectivity index (χ1n) is 12.4. The number of pyridine rings is 1. The van der Waals surface area contributed by atoms with Crippen molar-refractivity contribution in [3.05, 3.63) is 94.3 Å². The molecule has 0 spiro atoms. The number of rotatable bonds is 6. The summed E-state index contributed by atoms with van der Waals surface area (Å²) in [7, 11) is -3.55. The number of allylic oxidation sites excluding steroid dienone is 1. The Labute approximate surface area is 228 Å². The molecule has 1 aliphatic carbocycles. The van der Waals surface area contributed by atoms with Gasteiger partial charge in [-0.25, -0.2) is 26.9 Å². The molecule has 12 heteroatoms. The van der Waals surface area contributed by atoms with Gasteiger partial charge in [0.15, 0.2) is 17.3 Å². The van der Waals surface area contributed by atoms with E-state index in [1.54, 1.807) is 31.2 Å². The van der Waals surface area contributed by atoms with Gasteiger partial charge in [-0.05, 0) is 60.4 Å². The molecule has 3 heterocycles. The highest BCUT2D eigenvalue weighted by atomic mass is 32.2. The van der Waals surface area contributed by atoms with Crippen LogP contribution >= 0.6 is 0 Å². The number of hydrogen-bond donors (Lipinski definition) is 1. The minimum absolute atomic E-state index is 0.00362. The van der Waals surface area contributed by atoms with Crippen molar-refractivity contribution in [1.29, 1.82) is 0 Å². The van der Waals surface area contributed by atoms with E-state index in [2.05, 4.69) is 10.1 Å². The van der Waals surface area contributed by atoms with E-state index in [1.807, 2.05) is 0 Å². The maximum absolute atomic E-state index is 14.9. The summed E-state index contributed by atoms with van der Waals surface area (Å²) >= 11 is 0. The number of aryl methyl sites for hydroxylation is 1. The predicted octanol–water partition coefficient (Wildman–Crippen LogP) is 4.59. The number of fused-ring (bicyclic) bond motifs is 1. The number of sulfonamides is 1. The Balaban J connectivity index is 1.24. The zero-order valence-electron chi connectivity index (χ0n) is 21.3. The summed E-state index contributed by atoms with van der Waals surface area (Å²) in [6, 6.07) is 10.3. The van der Waals surface area contributed by atoms with Crippen LogP contribution < -0.4 is 14.8 Å². The first kappa shape index (κ1) is 25.7. The summed E-state index contributed by atoms with van der Waals surface area (Å²) in [5.74, 6) is -1.28. The average Bonchev–Trinajstić information content (AvgIpc) is 3.60. The van der Waals surface area contributed by atoms with E-state index in [9.17, 15) is 22.0 Å².